The standard InChI is InChI=1S/C15H24N2O2/c1-18-14-6-5-12(15(10-14)19-2)11-16-9-7-13-4-3-8-17-13/h5-6,10,13,16-17H,3-4,7-9,11H2,1-2H3. The fourth-order valence-corrected chi connectivity index (χ4v) is 2.50. The maximum absolute atomic E-state index is 5.39. The van der Waals surface area contributed by atoms with Crippen molar-refractivity contribution in [1.82, 2.24) is 10.6 Å². The first-order valence-corrected chi connectivity index (χ1v) is 6.98. The van der Waals surface area contributed by atoms with Crippen molar-refractivity contribution in [1.29, 1.82) is 0 Å². The van der Waals surface area contributed by atoms with Gasteiger partial charge in [-0.3, -0.25) is 0 Å². The van der Waals surface area contributed by atoms with Crippen LogP contribution in [0.15, 0.2) is 18.2 Å². The molecule has 1 unspecified atom stereocenters. The molecule has 0 radical (unpaired) electrons. The largest absolute Gasteiger partial charge is 0.497 e. The van der Waals surface area contributed by atoms with Crippen molar-refractivity contribution in [2.75, 3.05) is 27.3 Å². The van der Waals surface area contributed by atoms with Crippen LogP contribution >= 0.6 is 0 Å². The Labute approximate surface area is 115 Å². The van der Waals surface area contributed by atoms with Gasteiger partial charge in [0.05, 0.1) is 14.2 Å². The van der Waals surface area contributed by atoms with E-state index in [4.69, 9.17) is 9.47 Å². The highest BCUT2D eigenvalue weighted by Gasteiger charge is 2.13. The van der Waals surface area contributed by atoms with Crippen molar-refractivity contribution in [2.24, 2.45) is 0 Å². The summed E-state index contributed by atoms with van der Waals surface area (Å²) >= 11 is 0. The molecule has 1 aliphatic rings. The van der Waals surface area contributed by atoms with Gasteiger partial charge in [-0.2, -0.15) is 0 Å². The lowest BCUT2D eigenvalue weighted by molar-refractivity contribution is 0.389. The van der Waals surface area contributed by atoms with Crippen molar-refractivity contribution >= 4 is 0 Å². The summed E-state index contributed by atoms with van der Waals surface area (Å²) in [6.45, 7) is 3.05. The summed E-state index contributed by atoms with van der Waals surface area (Å²) in [5.41, 5.74) is 1.17. The first-order chi connectivity index (χ1) is 9.33. The second-order valence-corrected chi connectivity index (χ2v) is 4.94. The van der Waals surface area contributed by atoms with E-state index >= 15 is 0 Å². The van der Waals surface area contributed by atoms with Gasteiger partial charge in [0.25, 0.3) is 0 Å². The average Bonchev–Trinajstić information content (AvgIpc) is 2.96. The normalized spacial score (nSPS) is 18.5. The second kappa shape index (κ2) is 7.36. The van der Waals surface area contributed by atoms with Gasteiger partial charge in [-0.1, -0.05) is 6.07 Å². The van der Waals surface area contributed by atoms with Gasteiger partial charge >= 0.3 is 0 Å². The molecule has 1 fully saturated rings. The Morgan fingerprint density at radius 3 is 2.89 bits per heavy atom. The second-order valence-electron chi connectivity index (χ2n) is 4.94. The summed E-state index contributed by atoms with van der Waals surface area (Å²) < 4.78 is 10.6. The third kappa shape index (κ3) is 4.11. The Morgan fingerprint density at radius 2 is 2.21 bits per heavy atom. The fraction of sp³-hybridized carbons (Fsp3) is 0.600. The van der Waals surface area contributed by atoms with Crippen LogP contribution < -0.4 is 20.1 Å². The minimum Gasteiger partial charge on any atom is -0.497 e. The molecule has 0 amide bonds. The lowest BCUT2D eigenvalue weighted by Gasteiger charge is -2.13. The summed E-state index contributed by atoms with van der Waals surface area (Å²) in [5.74, 6) is 1.71. The highest BCUT2D eigenvalue weighted by molar-refractivity contribution is 5.40. The van der Waals surface area contributed by atoms with Crippen molar-refractivity contribution in [3.63, 3.8) is 0 Å². The lowest BCUT2D eigenvalue weighted by atomic mass is 10.1. The van der Waals surface area contributed by atoms with Crippen LogP contribution in [0.4, 0.5) is 0 Å². The molecule has 0 aromatic heterocycles. The van der Waals surface area contributed by atoms with E-state index in [9.17, 15) is 0 Å². The predicted octanol–water partition coefficient (Wildman–Crippen LogP) is 1.94. The minimum atomic E-state index is 0.699. The summed E-state index contributed by atoms with van der Waals surface area (Å²) in [7, 11) is 3.36. The topological polar surface area (TPSA) is 42.5 Å². The predicted molar refractivity (Wildman–Crippen MR) is 76.9 cm³/mol. The van der Waals surface area contributed by atoms with Crippen molar-refractivity contribution in [3.05, 3.63) is 23.8 Å². The Kier molecular flexibility index (Phi) is 5.48. The average molecular weight is 264 g/mol. The molecule has 1 aromatic rings. The molecule has 0 saturated carbocycles. The Bertz CT molecular complexity index is 390. The van der Waals surface area contributed by atoms with E-state index in [1.165, 1.54) is 31.4 Å². The van der Waals surface area contributed by atoms with Crippen molar-refractivity contribution < 1.29 is 9.47 Å². The zero-order valence-electron chi connectivity index (χ0n) is 11.9. The number of hydrogen-bond donors (Lipinski definition) is 2. The molecule has 1 aliphatic heterocycles. The van der Waals surface area contributed by atoms with E-state index in [1.807, 2.05) is 12.1 Å². The molecule has 2 N–H and O–H groups in total. The first kappa shape index (κ1) is 14.2. The van der Waals surface area contributed by atoms with Crippen LogP contribution in [0.25, 0.3) is 0 Å². The molecule has 0 bridgehead atoms. The maximum atomic E-state index is 5.39. The van der Waals surface area contributed by atoms with Crippen LogP contribution in [0.2, 0.25) is 0 Å². The molecular weight excluding hydrogens is 240 g/mol. The van der Waals surface area contributed by atoms with Crippen LogP contribution in [0.1, 0.15) is 24.8 Å². The summed E-state index contributed by atoms with van der Waals surface area (Å²) in [6.07, 6.45) is 3.82. The molecule has 1 aromatic carbocycles. The van der Waals surface area contributed by atoms with Crippen LogP contribution in [0, 0.1) is 0 Å². The van der Waals surface area contributed by atoms with Crippen LogP contribution in [-0.4, -0.2) is 33.4 Å². The zero-order chi connectivity index (χ0) is 13.5. The molecule has 106 valence electrons. The quantitative estimate of drug-likeness (QED) is 0.739. The number of methoxy groups -OCH3 is 2. The van der Waals surface area contributed by atoms with E-state index in [0.29, 0.717) is 6.04 Å². The highest BCUT2D eigenvalue weighted by atomic mass is 16.5. The number of rotatable bonds is 7. The smallest absolute Gasteiger partial charge is 0.127 e. The van der Waals surface area contributed by atoms with Gasteiger partial charge in [-0.15, -0.1) is 0 Å². The molecule has 4 nitrogen and oxygen atoms in total. The molecule has 2 rings (SSSR count). The molecule has 1 heterocycles. The maximum Gasteiger partial charge on any atom is 0.127 e. The van der Waals surface area contributed by atoms with Gasteiger partial charge < -0.3 is 20.1 Å². The monoisotopic (exact) mass is 264 g/mol. The number of hydrogen-bond acceptors (Lipinski definition) is 4. The third-order valence-electron chi connectivity index (χ3n) is 3.64. The third-order valence-corrected chi connectivity index (χ3v) is 3.64. The van der Waals surface area contributed by atoms with Gasteiger partial charge in [-0.05, 0) is 38.4 Å². The Hall–Kier alpha value is -1.26. The first-order valence-electron chi connectivity index (χ1n) is 6.98. The molecule has 4 heteroatoms. The summed E-state index contributed by atoms with van der Waals surface area (Å²) in [4.78, 5) is 0. The van der Waals surface area contributed by atoms with Crippen molar-refractivity contribution in [2.45, 2.75) is 31.8 Å². The van der Waals surface area contributed by atoms with Gasteiger partial charge in [0.15, 0.2) is 0 Å². The molecule has 19 heavy (non-hydrogen) atoms. The Morgan fingerprint density at radius 1 is 1.32 bits per heavy atom. The van der Waals surface area contributed by atoms with E-state index in [1.54, 1.807) is 14.2 Å². The molecule has 1 saturated heterocycles. The molecule has 0 aliphatic carbocycles. The number of nitrogens with one attached hydrogen (secondary N) is 2. The number of benzene rings is 1. The zero-order valence-corrected chi connectivity index (χ0v) is 11.9. The van der Waals surface area contributed by atoms with Crippen LogP contribution in [-0.2, 0) is 6.54 Å². The fourth-order valence-electron chi connectivity index (χ4n) is 2.50. The highest BCUT2D eigenvalue weighted by Crippen LogP contribution is 2.24. The van der Waals surface area contributed by atoms with Crippen LogP contribution in [0.3, 0.4) is 0 Å². The van der Waals surface area contributed by atoms with Crippen LogP contribution in [0.5, 0.6) is 11.5 Å². The van der Waals surface area contributed by atoms with Gasteiger partial charge in [0.2, 0.25) is 0 Å². The molecular formula is C15H24N2O2. The van der Waals surface area contributed by atoms with E-state index in [2.05, 4.69) is 16.7 Å². The lowest BCUT2D eigenvalue weighted by Crippen LogP contribution is -2.26. The van der Waals surface area contributed by atoms with Crippen molar-refractivity contribution in [3.8, 4) is 11.5 Å². The number of ether oxygens (including phenoxy) is 2. The van der Waals surface area contributed by atoms with Gasteiger partial charge in [0, 0.05) is 24.2 Å². The molecule has 0 spiro atoms. The summed E-state index contributed by atoms with van der Waals surface area (Å²) in [6, 6.07) is 6.65. The Balaban J connectivity index is 1.78. The SMILES string of the molecule is COc1ccc(CNCCC2CCCN2)c(OC)c1. The van der Waals surface area contributed by atoms with E-state index in [0.717, 1.165) is 24.6 Å². The minimum absolute atomic E-state index is 0.699. The van der Waals surface area contributed by atoms with E-state index < -0.39 is 0 Å². The molecule has 1 atom stereocenters. The van der Waals surface area contributed by atoms with E-state index in [-0.39, 0.29) is 0 Å². The van der Waals surface area contributed by atoms with Gasteiger partial charge in [0.1, 0.15) is 11.5 Å². The summed E-state index contributed by atoms with van der Waals surface area (Å²) in [5, 5.41) is 6.99. The van der Waals surface area contributed by atoms with Gasteiger partial charge in [-0.25, -0.2) is 0 Å².